The van der Waals surface area contributed by atoms with Crippen LogP contribution in [0.25, 0.3) is 0 Å². The number of unbranched alkanes of at least 4 members (excludes halogenated alkanes) is 1. The number of rotatable bonds is 7. The van der Waals surface area contributed by atoms with Crippen molar-refractivity contribution >= 4 is 12.0 Å². The summed E-state index contributed by atoms with van der Waals surface area (Å²) < 4.78 is 6.12. The molecular formula is C31H48N4O3. The van der Waals surface area contributed by atoms with Crippen LogP contribution in [0.5, 0.6) is 0 Å². The Morgan fingerprint density at radius 2 is 1.76 bits per heavy atom. The summed E-state index contributed by atoms with van der Waals surface area (Å²) in [5, 5.41) is 0. The Bertz CT molecular complexity index is 961. The Balaban J connectivity index is 1.10. The zero-order valence-corrected chi connectivity index (χ0v) is 23.9. The molecule has 0 bridgehead atoms. The topological polar surface area (TPSA) is 66.0 Å². The molecule has 2 atom stereocenters. The van der Waals surface area contributed by atoms with Gasteiger partial charge in [0.25, 0.3) is 5.91 Å². The Hall–Kier alpha value is -2.15. The number of aryl methyl sites for hydroxylation is 2. The molecule has 7 heteroatoms. The second-order valence-corrected chi connectivity index (χ2v) is 12.5. The SMILES string of the molecule is CCCCC1CCCCC1CN1CC2(CCN(C3CCN(C(=O)c4c(C)ccnc4C)CC3)CC2)OC1=O. The second-order valence-electron chi connectivity index (χ2n) is 12.5. The van der Waals surface area contributed by atoms with Crippen LogP contribution >= 0.6 is 0 Å². The molecule has 7 nitrogen and oxygen atoms in total. The van der Waals surface area contributed by atoms with Crippen LogP contribution in [-0.4, -0.2) is 82.6 Å². The number of pyridine rings is 1. The van der Waals surface area contributed by atoms with E-state index < -0.39 is 0 Å². The molecule has 1 spiro atoms. The molecule has 2 unspecified atom stereocenters. The molecule has 5 rings (SSSR count). The molecule has 0 radical (unpaired) electrons. The average molecular weight is 525 g/mol. The number of likely N-dealkylation sites (tertiary alicyclic amines) is 2. The number of hydrogen-bond acceptors (Lipinski definition) is 5. The highest BCUT2D eigenvalue weighted by molar-refractivity contribution is 5.96. The van der Waals surface area contributed by atoms with Crippen molar-refractivity contribution in [1.82, 2.24) is 19.7 Å². The van der Waals surface area contributed by atoms with Crippen molar-refractivity contribution in [2.24, 2.45) is 11.8 Å². The lowest BCUT2D eigenvalue weighted by molar-refractivity contribution is -0.0175. The lowest BCUT2D eigenvalue weighted by atomic mass is 9.76. The van der Waals surface area contributed by atoms with Crippen LogP contribution in [0.1, 0.15) is 99.2 Å². The third-order valence-corrected chi connectivity index (χ3v) is 10.0. The van der Waals surface area contributed by atoms with Crippen LogP contribution in [-0.2, 0) is 4.74 Å². The molecule has 1 aromatic heterocycles. The van der Waals surface area contributed by atoms with Gasteiger partial charge in [0.1, 0.15) is 5.60 Å². The van der Waals surface area contributed by atoms with Crippen LogP contribution in [0.3, 0.4) is 0 Å². The number of hydrogen-bond donors (Lipinski definition) is 0. The number of piperidine rings is 2. The first-order valence-corrected chi connectivity index (χ1v) is 15.3. The standard InChI is InChI=1S/C31H48N4O3/c1-4-5-8-25-9-6-7-10-26(25)21-35-22-31(38-30(35)37)14-19-33(20-15-31)27-12-17-34(18-13-27)29(36)28-23(2)11-16-32-24(28)3/h11,16,25-27H,4-10,12-15,17-22H2,1-3H3. The molecule has 0 aromatic carbocycles. The van der Waals surface area contributed by atoms with E-state index in [9.17, 15) is 9.59 Å². The molecule has 4 fully saturated rings. The number of nitrogens with zero attached hydrogens (tertiary/aromatic N) is 4. The van der Waals surface area contributed by atoms with Crippen molar-refractivity contribution < 1.29 is 14.3 Å². The molecule has 210 valence electrons. The lowest BCUT2D eigenvalue weighted by Gasteiger charge is -2.44. The predicted octanol–water partition coefficient (Wildman–Crippen LogP) is 5.59. The summed E-state index contributed by atoms with van der Waals surface area (Å²) in [7, 11) is 0. The highest BCUT2D eigenvalue weighted by Gasteiger charge is 2.48. The van der Waals surface area contributed by atoms with Crippen LogP contribution in [0, 0.1) is 25.7 Å². The molecular weight excluding hydrogens is 476 g/mol. The third-order valence-electron chi connectivity index (χ3n) is 10.0. The van der Waals surface area contributed by atoms with Gasteiger partial charge in [0.2, 0.25) is 0 Å². The van der Waals surface area contributed by atoms with Crippen molar-refractivity contribution in [2.75, 3.05) is 39.3 Å². The van der Waals surface area contributed by atoms with E-state index in [1.165, 1.54) is 44.9 Å². The summed E-state index contributed by atoms with van der Waals surface area (Å²) in [5.41, 5.74) is 2.29. The maximum absolute atomic E-state index is 13.2. The molecule has 4 aliphatic rings. The lowest BCUT2D eigenvalue weighted by Crippen LogP contribution is -2.53. The molecule has 3 aliphatic heterocycles. The van der Waals surface area contributed by atoms with Crippen LogP contribution < -0.4 is 0 Å². The summed E-state index contributed by atoms with van der Waals surface area (Å²) in [4.78, 5) is 37.1. The quantitative estimate of drug-likeness (QED) is 0.465. The fourth-order valence-corrected chi connectivity index (χ4v) is 7.65. The van der Waals surface area contributed by atoms with Crippen molar-refractivity contribution in [3.8, 4) is 0 Å². The van der Waals surface area contributed by atoms with Gasteiger partial charge in [-0.15, -0.1) is 0 Å². The summed E-state index contributed by atoms with van der Waals surface area (Å²) >= 11 is 0. The van der Waals surface area contributed by atoms with Crippen molar-refractivity contribution in [3.63, 3.8) is 0 Å². The Kier molecular flexibility index (Phi) is 8.61. The highest BCUT2D eigenvalue weighted by atomic mass is 16.6. The summed E-state index contributed by atoms with van der Waals surface area (Å²) in [6.45, 7) is 11.4. The highest BCUT2D eigenvalue weighted by Crippen LogP contribution is 2.39. The maximum Gasteiger partial charge on any atom is 0.410 e. The summed E-state index contributed by atoms with van der Waals surface area (Å²) in [5.74, 6) is 1.54. The zero-order valence-electron chi connectivity index (χ0n) is 23.9. The van der Waals surface area contributed by atoms with Crippen LogP contribution in [0.15, 0.2) is 12.3 Å². The van der Waals surface area contributed by atoms with Gasteiger partial charge >= 0.3 is 6.09 Å². The third kappa shape index (κ3) is 5.88. The Morgan fingerprint density at radius 3 is 2.45 bits per heavy atom. The zero-order chi connectivity index (χ0) is 26.7. The van der Waals surface area contributed by atoms with Crippen molar-refractivity contribution in [2.45, 2.75) is 103 Å². The molecule has 4 heterocycles. The monoisotopic (exact) mass is 524 g/mol. The van der Waals surface area contributed by atoms with E-state index in [1.807, 2.05) is 24.8 Å². The van der Waals surface area contributed by atoms with Gasteiger partial charge in [-0.2, -0.15) is 0 Å². The van der Waals surface area contributed by atoms with Crippen molar-refractivity contribution in [3.05, 3.63) is 29.1 Å². The van der Waals surface area contributed by atoms with Gasteiger partial charge < -0.3 is 14.5 Å². The van der Waals surface area contributed by atoms with Crippen molar-refractivity contribution in [1.29, 1.82) is 0 Å². The van der Waals surface area contributed by atoms with E-state index in [0.29, 0.717) is 12.0 Å². The molecule has 3 saturated heterocycles. The smallest absolute Gasteiger partial charge is 0.410 e. The van der Waals surface area contributed by atoms with Gasteiger partial charge in [-0.05, 0) is 56.6 Å². The van der Waals surface area contributed by atoms with Gasteiger partial charge in [-0.25, -0.2) is 4.79 Å². The first-order chi connectivity index (χ1) is 18.4. The van der Waals surface area contributed by atoms with Crippen LogP contribution in [0.4, 0.5) is 4.79 Å². The van der Waals surface area contributed by atoms with E-state index in [2.05, 4.69) is 21.7 Å². The first kappa shape index (κ1) is 27.4. The molecule has 1 aliphatic carbocycles. The molecule has 38 heavy (non-hydrogen) atoms. The minimum Gasteiger partial charge on any atom is -0.441 e. The van der Waals surface area contributed by atoms with Gasteiger partial charge in [0.15, 0.2) is 0 Å². The van der Waals surface area contributed by atoms with Gasteiger partial charge in [-0.3, -0.25) is 14.7 Å². The minimum absolute atomic E-state index is 0.0777. The fourth-order valence-electron chi connectivity index (χ4n) is 7.65. The summed E-state index contributed by atoms with van der Waals surface area (Å²) in [6, 6.07) is 2.43. The molecule has 0 N–H and O–H groups in total. The van der Waals surface area contributed by atoms with E-state index in [-0.39, 0.29) is 17.6 Å². The molecule has 1 saturated carbocycles. The number of carbonyl (C=O) groups is 2. The predicted molar refractivity (Wildman–Crippen MR) is 149 cm³/mol. The van der Waals surface area contributed by atoms with E-state index in [4.69, 9.17) is 4.74 Å². The van der Waals surface area contributed by atoms with Gasteiger partial charge in [0, 0.05) is 57.8 Å². The summed E-state index contributed by atoms with van der Waals surface area (Å²) in [6.07, 6.45) is 14.7. The Morgan fingerprint density at radius 1 is 1.05 bits per heavy atom. The van der Waals surface area contributed by atoms with E-state index in [1.54, 1.807) is 6.20 Å². The van der Waals surface area contributed by atoms with Gasteiger partial charge in [-0.1, -0.05) is 45.4 Å². The average Bonchev–Trinajstić information content (AvgIpc) is 3.22. The first-order valence-electron chi connectivity index (χ1n) is 15.3. The maximum atomic E-state index is 13.2. The molecule has 1 aromatic rings. The number of aromatic nitrogens is 1. The number of amides is 2. The fraction of sp³-hybridized carbons (Fsp3) is 0.774. The number of ether oxygens (including phenoxy) is 1. The van der Waals surface area contributed by atoms with Crippen LogP contribution in [0.2, 0.25) is 0 Å². The minimum atomic E-state index is -0.298. The van der Waals surface area contributed by atoms with Gasteiger partial charge in [0.05, 0.1) is 17.8 Å². The Labute approximate surface area is 229 Å². The number of carbonyl (C=O) groups excluding carboxylic acids is 2. The second kappa shape index (κ2) is 11.9. The largest absolute Gasteiger partial charge is 0.441 e. The normalized spacial score (nSPS) is 26.7. The van der Waals surface area contributed by atoms with E-state index in [0.717, 1.165) is 87.7 Å². The molecule has 2 amide bonds. The van der Waals surface area contributed by atoms with E-state index >= 15 is 0 Å².